The maximum Gasteiger partial charge on any atom is 0.240 e. The zero-order valence-corrected chi connectivity index (χ0v) is 15.0. The van der Waals surface area contributed by atoms with Crippen LogP contribution < -0.4 is 10.0 Å². The molecule has 0 aliphatic heterocycles. The van der Waals surface area contributed by atoms with Crippen molar-refractivity contribution in [3.63, 3.8) is 0 Å². The molecule has 0 spiro atoms. The molecule has 0 saturated carbocycles. The number of hydrogen-bond donors (Lipinski definition) is 2. The number of rotatable bonds is 9. The third kappa shape index (κ3) is 5.58. The van der Waals surface area contributed by atoms with Gasteiger partial charge < -0.3 is 10.1 Å². The van der Waals surface area contributed by atoms with Crippen molar-refractivity contribution in [1.82, 2.24) is 10.0 Å². The van der Waals surface area contributed by atoms with Gasteiger partial charge in [-0.2, -0.15) is 0 Å². The first-order valence-electron chi connectivity index (χ1n) is 7.54. The van der Waals surface area contributed by atoms with Gasteiger partial charge in [0.25, 0.3) is 0 Å². The number of halogens is 1. The first kappa shape index (κ1) is 18.9. The second kappa shape index (κ2) is 9.15. The highest BCUT2D eigenvalue weighted by Gasteiger charge is 2.12. The van der Waals surface area contributed by atoms with Crippen LogP contribution in [0.5, 0.6) is 0 Å². The van der Waals surface area contributed by atoms with Crippen molar-refractivity contribution < 1.29 is 13.2 Å². The molecule has 0 aliphatic carbocycles. The zero-order valence-electron chi connectivity index (χ0n) is 13.5. The Kier molecular flexibility index (Phi) is 7.20. The van der Waals surface area contributed by atoms with Crippen molar-refractivity contribution in [3.05, 3.63) is 64.7 Å². The van der Waals surface area contributed by atoms with E-state index in [4.69, 9.17) is 16.3 Å². The van der Waals surface area contributed by atoms with E-state index in [2.05, 4.69) is 10.0 Å². The lowest BCUT2D eigenvalue weighted by Crippen LogP contribution is -2.27. The maximum atomic E-state index is 12.1. The van der Waals surface area contributed by atoms with Crippen molar-refractivity contribution >= 4 is 21.6 Å². The third-order valence-corrected chi connectivity index (χ3v) is 5.28. The minimum atomic E-state index is -3.49. The van der Waals surface area contributed by atoms with E-state index in [1.54, 1.807) is 24.3 Å². The number of sulfonamides is 1. The van der Waals surface area contributed by atoms with Crippen LogP contribution >= 0.6 is 11.6 Å². The lowest BCUT2D eigenvalue weighted by atomic mass is 10.2. The van der Waals surface area contributed by atoms with Gasteiger partial charge >= 0.3 is 0 Å². The highest BCUT2D eigenvalue weighted by Crippen LogP contribution is 2.15. The fourth-order valence-electron chi connectivity index (χ4n) is 2.13. The molecule has 0 heterocycles. The van der Waals surface area contributed by atoms with Crippen LogP contribution in [0.15, 0.2) is 53.4 Å². The number of ether oxygens (including phenoxy) is 1. The normalized spacial score (nSPS) is 11.6. The maximum absolute atomic E-state index is 12.1. The van der Waals surface area contributed by atoms with E-state index in [1.807, 2.05) is 24.3 Å². The lowest BCUT2D eigenvalue weighted by molar-refractivity contribution is 0.204. The average Bonchev–Trinajstić information content (AvgIpc) is 2.57. The molecule has 2 N–H and O–H groups in total. The van der Waals surface area contributed by atoms with E-state index in [9.17, 15) is 8.42 Å². The summed E-state index contributed by atoms with van der Waals surface area (Å²) in [5, 5.41) is 4.02. The van der Waals surface area contributed by atoms with Crippen LogP contribution in [0, 0.1) is 0 Å². The summed E-state index contributed by atoms with van der Waals surface area (Å²) < 4.78 is 31.4. The van der Waals surface area contributed by atoms with Crippen LogP contribution in [0.2, 0.25) is 5.02 Å². The summed E-state index contributed by atoms with van der Waals surface area (Å²) in [5.41, 5.74) is 2.03. The van der Waals surface area contributed by atoms with Gasteiger partial charge in [0.15, 0.2) is 0 Å². The Labute approximate surface area is 148 Å². The summed E-state index contributed by atoms with van der Waals surface area (Å²) in [5.74, 6) is 0. The Balaban J connectivity index is 1.89. The molecule has 0 atom stereocenters. The van der Waals surface area contributed by atoms with E-state index < -0.39 is 10.0 Å². The first-order chi connectivity index (χ1) is 11.5. The second-order valence-corrected chi connectivity index (χ2v) is 7.40. The molecule has 0 bridgehead atoms. The van der Waals surface area contributed by atoms with Gasteiger partial charge in [-0.3, -0.25) is 0 Å². The fourth-order valence-corrected chi connectivity index (χ4v) is 3.35. The van der Waals surface area contributed by atoms with E-state index >= 15 is 0 Å². The average molecular weight is 369 g/mol. The van der Waals surface area contributed by atoms with Crippen molar-refractivity contribution in [1.29, 1.82) is 0 Å². The minimum absolute atomic E-state index is 0.244. The van der Waals surface area contributed by atoms with Gasteiger partial charge in [0.05, 0.1) is 11.5 Å². The van der Waals surface area contributed by atoms with Gasteiger partial charge in [-0.05, 0) is 29.3 Å². The standard InChI is InChI=1S/C17H21ClN2O3S/c1-23-11-10-20-24(21,22)16-8-6-14(7-9-16)12-19-13-15-4-2-3-5-17(15)18/h2-9,19-20H,10-13H2,1H3. The van der Waals surface area contributed by atoms with Gasteiger partial charge in [0, 0.05) is 31.8 Å². The minimum Gasteiger partial charge on any atom is -0.383 e. The van der Waals surface area contributed by atoms with Gasteiger partial charge in [-0.15, -0.1) is 0 Å². The summed E-state index contributed by atoms with van der Waals surface area (Å²) >= 11 is 6.11. The number of nitrogens with one attached hydrogen (secondary N) is 2. The molecular formula is C17H21ClN2O3S. The molecule has 0 unspecified atom stereocenters. The molecule has 5 nitrogen and oxygen atoms in total. The quantitative estimate of drug-likeness (QED) is 0.667. The largest absolute Gasteiger partial charge is 0.383 e. The lowest BCUT2D eigenvalue weighted by Gasteiger charge is -2.09. The van der Waals surface area contributed by atoms with Gasteiger partial charge in [0.1, 0.15) is 0 Å². The molecule has 7 heteroatoms. The van der Waals surface area contributed by atoms with Crippen LogP contribution in [-0.2, 0) is 27.8 Å². The van der Waals surface area contributed by atoms with Gasteiger partial charge in [-0.25, -0.2) is 13.1 Å². The van der Waals surface area contributed by atoms with E-state index in [0.717, 1.165) is 16.1 Å². The Morgan fingerprint density at radius 3 is 2.42 bits per heavy atom. The molecule has 2 aromatic carbocycles. The highest BCUT2D eigenvalue weighted by atomic mass is 35.5. The molecule has 24 heavy (non-hydrogen) atoms. The number of hydrogen-bond acceptors (Lipinski definition) is 4. The molecule has 130 valence electrons. The van der Waals surface area contributed by atoms with Crippen LogP contribution in [-0.4, -0.2) is 28.7 Å². The van der Waals surface area contributed by atoms with Crippen LogP contribution in [0.4, 0.5) is 0 Å². The second-order valence-electron chi connectivity index (χ2n) is 5.23. The van der Waals surface area contributed by atoms with Crippen LogP contribution in [0.3, 0.4) is 0 Å². The molecule has 0 amide bonds. The van der Waals surface area contributed by atoms with Crippen molar-refractivity contribution in [2.24, 2.45) is 0 Å². The van der Waals surface area contributed by atoms with E-state index in [0.29, 0.717) is 19.7 Å². The topological polar surface area (TPSA) is 67.4 Å². The van der Waals surface area contributed by atoms with E-state index in [-0.39, 0.29) is 11.4 Å². The summed E-state index contributed by atoms with van der Waals surface area (Å²) in [6, 6.07) is 14.5. The predicted octanol–water partition coefficient (Wildman–Crippen LogP) is 2.55. The Hall–Kier alpha value is -1.44. The number of methoxy groups -OCH3 is 1. The van der Waals surface area contributed by atoms with Crippen LogP contribution in [0.1, 0.15) is 11.1 Å². The molecule has 0 fully saturated rings. The molecule has 2 aromatic rings. The van der Waals surface area contributed by atoms with E-state index in [1.165, 1.54) is 7.11 Å². The summed E-state index contributed by atoms with van der Waals surface area (Å²) in [6.07, 6.45) is 0. The Bertz CT molecular complexity index is 749. The molecule has 0 aliphatic rings. The molecule has 2 rings (SSSR count). The van der Waals surface area contributed by atoms with Crippen molar-refractivity contribution in [2.75, 3.05) is 20.3 Å². The predicted molar refractivity (Wildman–Crippen MR) is 95.5 cm³/mol. The molecule has 0 saturated heterocycles. The Morgan fingerprint density at radius 2 is 1.75 bits per heavy atom. The van der Waals surface area contributed by atoms with Crippen molar-refractivity contribution in [3.8, 4) is 0 Å². The molecular weight excluding hydrogens is 348 g/mol. The molecule has 0 radical (unpaired) electrons. The summed E-state index contributed by atoms with van der Waals surface area (Å²) in [6.45, 7) is 1.87. The highest BCUT2D eigenvalue weighted by molar-refractivity contribution is 7.89. The fraction of sp³-hybridized carbons (Fsp3) is 0.294. The first-order valence-corrected chi connectivity index (χ1v) is 9.41. The summed E-state index contributed by atoms with van der Waals surface area (Å²) in [7, 11) is -1.96. The van der Waals surface area contributed by atoms with Crippen LogP contribution in [0.25, 0.3) is 0 Å². The SMILES string of the molecule is COCCNS(=O)(=O)c1ccc(CNCc2ccccc2Cl)cc1. The zero-order chi connectivity index (χ0) is 17.4. The third-order valence-electron chi connectivity index (χ3n) is 3.43. The number of benzene rings is 2. The molecule has 0 aromatic heterocycles. The van der Waals surface area contributed by atoms with Gasteiger partial charge in [-0.1, -0.05) is 41.9 Å². The van der Waals surface area contributed by atoms with Gasteiger partial charge in [0.2, 0.25) is 10.0 Å². The summed E-state index contributed by atoms with van der Waals surface area (Å²) in [4.78, 5) is 0.244. The monoisotopic (exact) mass is 368 g/mol. The van der Waals surface area contributed by atoms with Crippen molar-refractivity contribution in [2.45, 2.75) is 18.0 Å². The smallest absolute Gasteiger partial charge is 0.240 e. The Morgan fingerprint density at radius 1 is 1.04 bits per heavy atom.